The largest absolute Gasteiger partial charge is 0.368 e. The van der Waals surface area contributed by atoms with E-state index >= 15 is 0 Å². The first kappa shape index (κ1) is 13.6. The first-order valence-corrected chi connectivity index (χ1v) is 7.10. The van der Waals surface area contributed by atoms with Crippen LogP contribution in [0.2, 0.25) is 5.28 Å². The molecule has 0 saturated carbocycles. The molecule has 1 aromatic rings. The Labute approximate surface area is 107 Å². The molecule has 0 amide bonds. The lowest BCUT2D eigenvalue weighted by Crippen LogP contribution is -2.26. The second kappa shape index (κ2) is 5.76. The Kier molecular flexibility index (Phi) is 4.90. The van der Waals surface area contributed by atoms with Gasteiger partial charge in [0.05, 0.1) is 10.2 Å². The summed E-state index contributed by atoms with van der Waals surface area (Å²) in [6, 6.07) is 0. The zero-order valence-electron chi connectivity index (χ0n) is 8.37. The number of halogens is 2. The van der Waals surface area contributed by atoms with Gasteiger partial charge in [-0.3, -0.25) is 0 Å². The van der Waals surface area contributed by atoms with Gasteiger partial charge in [0.15, 0.2) is 0 Å². The first-order chi connectivity index (χ1) is 7.44. The summed E-state index contributed by atoms with van der Waals surface area (Å²) in [5.74, 6) is 0.420. The van der Waals surface area contributed by atoms with Crippen molar-refractivity contribution in [3.63, 3.8) is 0 Å². The van der Waals surface area contributed by atoms with Gasteiger partial charge in [-0.25, -0.2) is 18.1 Å². The van der Waals surface area contributed by atoms with Crippen molar-refractivity contribution in [1.29, 1.82) is 0 Å². The normalized spacial score (nSPS) is 11.4. The third-order valence-electron chi connectivity index (χ3n) is 1.69. The Balaban J connectivity index is 2.59. The van der Waals surface area contributed by atoms with E-state index in [1.54, 1.807) is 0 Å². The summed E-state index contributed by atoms with van der Waals surface area (Å²) in [5.41, 5.74) is 0. The van der Waals surface area contributed by atoms with Crippen LogP contribution in [0.4, 0.5) is 5.82 Å². The lowest BCUT2D eigenvalue weighted by molar-refractivity contribution is 0.588. The van der Waals surface area contributed by atoms with Gasteiger partial charge in [0.2, 0.25) is 15.3 Å². The van der Waals surface area contributed by atoms with Crippen LogP contribution >= 0.6 is 27.5 Å². The minimum Gasteiger partial charge on any atom is -0.368 e. The van der Waals surface area contributed by atoms with Crippen molar-refractivity contribution in [3.8, 4) is 0 Å². The van der Waals surface area contributed by atoms with Crippen molar-refractivity contribution in [2.45, 2.75) is 0 Å². The molecule has 9 heteroatoms. The molecule has 0 aliphatic rings. The molecule has 6 nitrogen and oxygen atoms in total. The summed E-state index contributed by atoms with van der Waals surface area (Å²) in [6.45, 7) is 0.231. The molecule has 0 radical (unpaired) electrons. The monoisotopic (exact) mass is 328 g/mol. The van der Waals surface area contributed by atoms with E-state index in [1.807, 2.05) is 0 Å². The van der Waals surface area contributed by atoms with Crippen LogP contribution in [0, 0.1) is 0 Å². The molecule has 0 fully saturated rings. The van der Waals surface area contributed by atoms with Crippen molar-refractivity contribution in [1.82, 2.24) is 14.7 Å². The van der Waals surface area contributed by atoms with E-state index in [4.69, 9.17) is 11.6 Å². The van der Waals surface area contributed by atoms with Gasteiger partial charge in [0, 0.05) is 12.7 Å². The van der Waals surface area contributed by atoms with Crippen LogP contribution in [-0.2, 0) is 10.0 Å². The van der Waals surface area contributed by atoms with Gasteiger partial charge in [0.25, 0.3) is 0 Å². The van der Waals surface area contributed by atoms with Crippen molar-refractivity contribution in [3.05, 3.63) is 16.0 Å². The quantitative estimate of drug-likeness (QED) is 0.783. The summed E-state index contributed by atoms with van der Waals surface area (Å²) in [7, 11) is -1.85. The van der Waals surface area contributed by atoms with Crippen LogP contribution in [0.3, 0.4) is 0 Å². The highest BCUT2D eigenvalue weighted by atomic mass is 79.9. The van der Waals surface area contributed by atoms with Gasteiger partial charge in [-0.05, 0) is 34.6 Å². The first-order valence-electron chi connectivity index (χ1n) is 4.28. The highest BCUT2D eigenvalue weighted by molar-refractivity contribution is 9.10. The van der Waals surface area contributed by atoms with E-state index in [9.17, 15) is 8.42 Å². The van der Waals surface area contributed by atoms with Gasteiger partial charge < -0.3 is 5.32 Å². The van der Waals surface area contributed by atoms with Crippen molar-refractivity contribution >= 4 is 43.4 Å². The molecule has 0 aliphatic carbocycles. The fourth-order valence-electron chi connectivity index (χ4n) is 0.875. The molecule has 16 heavy (non-hydrogen) atoms. The number of nitrogens with zero attached hydrogens (tertiary/aromatic N) is 2. The molecule has 0 atom stereocenters. The molecule has 2 N–H and O–H groups in total. The second-order valence-corrected chi connectivity index (χ2v) is 6.02. The van der Waals surface area contributed by atoms with Crippen LogP contribution in [0.1, 0.15) is 0 Å². The van der Waals surface area contributed by atoms with E-state index in [1.165, 1.54) is 13.2 Å². The zero-order chi connectivity index (χ0) is 12.2. The molecule has 0 spiro atoms. The lowest BCUT2D eigenvalue weighted by Gasteiger charge is -2.07. The number of rotatable bonds is 5. The molecule has 90 valence electrons. The summed E-state index contributed by atoms with van der Waals surface area (Å²) < 4.78 is 25.1. The molecule has 0 aliphatic heterocycles. The predicted octanol–water partition coefficient (Wildman–Crippen LogP) is 0.854. The molecular weight excluding hydrogens is 320 g/mol. The average molecular weight is 330 g/mol. The van der Waals surface area contributed by atoms with Gasteiger partial charge in [-0.15, -0.1) is 0 Å². The summed E-state index contributed by atoms with van der Waals surface area (Å²) in [5, 5.41) is 2.94. The molecule has 1 heterocycles. The van der Waals surface area contributed by atoms with Gasteiger partial charge in [0.1, 0.15) is 5.82 Å². The maximum atomic E-state index is 11.1. The molecule has 0 aromatic carbocycles. The maximum absolute atomic E-state index is 11.1. The van der Waals surface area contributed by atoms with Gasteiger partial charge >= 0.3 is 0 Å². The van der Waals surface area contributed by atoms with E-state index in [0.717, 1.165) is 0 Å². The van der Waals surface area contributed by atoms with E-state index < -0.39 is 10.0 Å². The summed E-state index contributed by atoms with van der Waals surface area (Å²) in [4.78, 5) is 7.65. The minimum atomic E-state index is -3.22. The Bertz CT molecular complexity index is 467. The van der Waals surface area contributed by atoms with E-state index in [-0.39, 0.29) is 17.6 Å². The fourth-order valence-corrected chi connectivity index (χ4v) is 1.91. The Morgan fingerprint density at radius 3 is 2.88 bits per heavy atom. The van der Waals surface area contributed by atoms with E-state index in [0.29, 0.717) is 10.3 Å². The van der Waals surface area contributed by atoms with Crippen LogP contribution in [0.5, 0.6) is 0 Å². The average Bonchev–Trinajstić information content (AvgIpc) is 2.23. The number of nitrogens with one attached hydrogen (secondary N) is 2. The maximum Gasteiger partial charge on any atom is 0.224 e. The fraction of sp³-hybridized carbons (Fsp3) is 0.429. The smallest absolute Gasteiger partial charge is 0.224 e. The van der Waals surface area contributed by atoms with Crippen molar-refractivity contribution in [2.24, 2.45) is 0 Å². The van der Waals surface area contributed by atoms with Crippen LogP contribution in [0.15, 0.2) is 10.7 Å². The van der Waals surface area contributed by atoms with Gasteiger partial charge in [-0.2, -0.15) is 4.98 Å². The van der Waals surface area contributed by atoms with E-state index in [2.05, 4.69) is 35.9 Å². The SMILES string of the molecule is CNS(=O)(=O)CCNc1nc(Cl)ncc1Br. The Hall–Kier alpha value is -0.440. The molecule has 1 rings (SSSR count). The standard InChI is InChI=1S/C7H10BrClN4O2S/c1-10-16(14,15)3-2-11-6-5(8)4-12-7(9)13-6/h4,10H,2-3H2,1H3,(H,11,12,13). The Morgan fingerprint density at radius 1 is 1.56 bits per heavy atom. The van der Waals surface area contributed by atoms with Crippen LogP contribution in [-0.4, -0.2) is 37.7 Å². The molecule has 0 saturated heterocycles. The number of hydrogen-bond donors (Lipinski definition) is 2. The number of sulfonamides is 1. The Morgan fingerprint density at radius 2 is 2.25 bits per heavy atom. The minimum absolute atomic E-state index is 0.0441. The second-order valence-electron chi connectivity index (χ2n) is 2.79. The summed E-state index contributed by atoms with van der Waals surface area (Å²) >= 11 is 8.82. The van der Waals surface area contributed by atoms with Crippen LogP contribution < -0.4 is 10.0 Å². The third-order valence-corrected chi connectivity index (χ3v) is 3.81. The zero-order valence-corrected chi connectivity index (χ0v) is 11.5. The lowest BCUT2D eigenvalue weighted by atomic mass is 10.5. The van der Waals surface area contributed by atoms with Crippen molar-refractivity contribution in [2.75, 3.05) is 24.7 Å². The molecule has 0 unspecified atom stereocenters. The predicted molar refractivity (Wildman–Crippen MR) is 66.1 cm³/mol. The molecule has 1 aromatic heterocycles. The third kappa shape index (κ3) is 4.20. The number of aromatic nitrogens is 2. The van der Waals surface area contributed by atoms with Crippen molar-refractivity contribution < 1.29 is 8.42 Å². The summed E-state index contributed by atoms with van der Waals surface area (Å²) in [6.07, 6.45) is 1.49. The molecule has 0 bridgehead atoms. The highest BCUT2D eigenvalue weighted by Gasteiger charge is 2.08. The number of anilines is 1. The highest BCUT2D eigenvalue weighted by Crippen LogP contribution is 2.19. The van der Waals surface area contributed by atoms with Gasteiger partial charge in [-0.1, -0.05) is 0 Å². The number of hydrogen-bond acceptors (Lipinski definition) is 5. The molecular formula is C7H10BrClN4O2S. The topological polar surface area (TPSA) is 84.0 Å². The van der Waals surface area contributed by atoms with Crippen LogP contribution in [0.25, 0.3) is 0 Å².